The number of sulfonamides is 1. The molecule has 0 atom stereocenters. The van der Waals surface area contributed by atoms with Crippen molar-refractivity contribution in [2.45, 2.75) is 55.9 Å². The van der Waals surface area contributed by atoms with Gasteiger partial charge in [-0.3, -0.25) is 4.79 Å². The molecule has 1 aromatic heterocycles. The van der Waals surface area contributed by atoms with Crippen LogP contribution in [0.3, 0.4) is 0 Å². The minimum absolute atomic E-state index is 0.0163. The Balaban J connectivity index is 1.21. The maximum absolute atomic E-state index is 12.5. The molecule has 0 spiro atoms. The number of benzene rings is 2. The number of hydrogen-bond acceptors (Lipinski definition) is 7. The van der Waals surface area contributed by atoms with Crippen molar-refractivity contribution in [3.63, 3.8) is 0 Å². The summed E-state index contributed by atoms with van der Waals surface area (Å²) in [7, 11) is -3.95. The molecule has 1 fully saturated rings. The van der Waals surface area contributed by atoms with Gasteiger partial charge in [0.15, 0.2) is 0 Å². The molecule has 0 radical (unpaired) electrons. The largest absolute Gasteiger partial charge is 0.348 e. The summed E-state index contributed by atoms with van der Waals surface area (Å²) < 4.78 is 32.2. The number of hydrogen-bond donors (Lipinski definition) is 3. The van der Waals surface area contributed by atoms with E-state index in [1.54, 1.807) is 12.1 Å². The maximum atomic E-state index is 12.5. The molecule has 10 nitrogen and oxygen atoms in total. The SMILES string of the molecule is O=C(NC1CCCCC1)NS(=O)(=O)c1ccc(CCCNC(=O)c2nc(-c3ccccc3)no2)cc1. The molecule has 1 aliphatic carbocycles. The first kappa shape index (κ1) is 25.4. The number of urea groups is 1. The molecule has 1 saturated carbocycles. The fraction of sp³-hybridized carbons (Fsp3) is 0.360. The highest BCUT2D eigenvalue weighted by molar-refractivity contribution is 7.90. The third kappa shape index (κ3) is 6.91. The van der Waals surface area contributed by atoms with Crippen molar-refractivity contribution in [3.8, 4) is 11.4 Å². The van der Waals surface area contributed by atoms with Gasteiger partial charge in [-0.25, -0.2) is 17.9 Å². The van der Waals surface area contributed by atoms with Gasteiger partial charge in [-0.15, -0.1) is 0 Å². The predicted octanol–water partition coefficient (Wildman–Crippen LogP) is 3.42. The minimum atomic E-state index is -3.95. The lowest BCUT2D eigenvalue weighted by Gasteiger charge is -2.22. The number of carbonyl (C=O) groups excluding carboxylic acids is 2. The van der Waals surface area contributed by atoms with Crippen LogP contribution in [0.5, 0.6) is 0 Å². The number of aryl methyl sites for hydroxylation is 1. The molecule has 0 aliphatic heterocycles. The van der Waals surface area contributed by atoms with E-state index in [2.05, 4.69) is 25.5 Å². The molecular formula is C25H29N5O5S. The highest BCUT2D eigenvalue weighted by Crippen LogP contribution is 2.18. The van der Waals surface area contributed by atoms with E-state index in [0.717, 1.165) is 43.2 Å². The molecular weight excluding hydrogens is 482 g/mol. The van der Waals surface area contributed by atoms with Gasteiger partial charge in [0.2, 0.25) is 5.82 Å². The normalized spacial score (nSPS) is 14.2. The first-order valence-corrected chi connectivity index (χ1v) is 13.5. The standard InChI is InChI=1S/C25H29N5O5S/c31-23(24-28-22(29-35-24)19-9-3-1-4-10-19)26-17-7-8-18-13-15-21(16-14-18)36(33,34)30-25(32)27-20-11-5-2-6-12-20/h1,3-4,9-10,13-16,20H,2,5-8,11-12,17H2,(H,26,31)(H2,27,30,32). The van der Waals surface area contributed by atoms with Crippen LogP contribution in [-0.4, -0.2) is 43.1 Å². The van der Waals surface area contributed by atoms with E-state index >= 15 is 0 Å². The number of rotatable bonds is 9. The summed E-state index contributed by atoms with van der Waals surface area (Å²) in [6.07, 6.45) is 6.20. The molecule has 1 heterocycles. The van der Waals surface area contributed by atoms with Crippen LogP contribution >= 0.6 is 0 Å². The smallest absolute Gasteiger partial charge is 0.328 e. The fourth-order valence-corrected chi connectivity index (χ4v) is 4.98. The Morgan fingerprint density at radius 1 is 0.972 bits per heavy atom. The van der Waals surface area contributed by atoms with Crippen molar-refractivity contribution in [1.82, 2.24) is 25.5 Å². The Morgan fingerprint density at radius 3 is 2.42 bits per heavy atom. The summed E-state index contributed by atoms with van der Waals surface area (Å²) in [6.45, 7) is 0.380. The van der Waals surface area contributed by atoms with Crippen LogP contribution in [0, 0.1) is 0 Å². The van der Waals surface area contributed by atoms with E-state index in [4.69, 9.17) is 4.52 Å². The van der Waals surface area contributed by atoms with Crippen molar-refractivity contribution in [1.29, 1.82) is 0 Å². The van der Waals surface area contributed by atoms with E-state index in [-0.39, 0.29) is 16.8 Å². The average Bonchev–Trinajstić information content (AvgIpc) is 3.38. The molecule has 1 aliphatic rings. The molecule has 3 N–H and O–H groups in total. The monoisotopic (exact) mass is 511 g/mol. The van der Waals surface area contributed by atoms with E-state index in [1.807, 2.05) is 30.3 Å². The average molecular weight is 512 g/mol. The zero-order valence-electron chi connectivity index (χ0n) is 19.8. The van der Waals surface area contributed by atoms with Gasteiger partial charge in [-0.1, -0.05) is 66.9 Å². The van der Waals surface area contributed by atoms with Crippen LogP contribution in [0.4, 0.5) is 4.79 Å². The second-order valence-electron chi connectivity index (χ2n) is 8.71. The van der Waals surface area contributed by atoms with Crippen molar-refractivity contribution < 1.29 is 22.5 Å². The molecule has 11 heteroatoms. The topological polar surface area (TPSA) is 143 Å². The van der Waals surface area contributed by atoms with Crippen LogP contribution < -0.4 is 15.4 Å². The highest BCUT2D eigenvalue weighted by Gasteiger charge is 2.21. The minimum Gasteiger partial charge on any atom is -0.348 e. The summed E-state index contributed by atoms with van der Waals surface area (Å²) in [5.74, 6) is -0.219. The molecule has 3 aromatic rings. The van der Waals surface area contributed by atoms with Gasteiger partial charge in [0.1, 0.15) is 0 Å². The second kappa shape index (κ2) is 11.8. The van der Waals surface area contributed by atoms with Gasteiger partial charge < -0.3 is 15.2 Å². The van der Waals surface area contributed by atoms with Crippen molar-refractivity contribution >= 4 is 22.0 Å². The number of carbonyl (C=O) groups is 2. The Kier molecular flexibility index (Phi) is 8.32. The highest BCUT2D eigenvalue weighted by atomic mass is 32.2. The van der Waals surface area contributed by atoms with Crippen molar-refractivity contribution in [3.05, 3.63) is 66.1 Å². The van der Waals surface area contributed by atoms with Crippen LogP contribution in [0.1, 0.15) is 54.8 Å². The van der Waals surface area contributed by atoms with Gasteiger partial charge in [0.05, 0.1) is 4.90 Å². The van der Waals surface area contributed by atoms with E-state index in [9.17, 15) is 18.0 Å². The third-order valence-electron chi connectivity index (χ3n) is 5.98. The summed E-state index contributed by atoms with van der Waals surface area (Å²) in [6, 6.07) is 14.9. The summed E-state index contributed by atoms with van der Waals surface area (Å²) in [5, 5.41) is 9.31. The van der Waals surface area contributed by atoms with Gasteiger partial charge in [-0.2, -0.15) is 4.98 Å². The Labute approximate surface area is 209 Å². The molecule has 36 heavy (non-hydrogen) atoms. The van der Waals surface area contributed by atoms with E-state index < -0.39 is 22.0 Å². The second-order valence-corrected chi connectivity index (χ2v) is 10.4. The lowest BCUT2D eigenvalue weighted by molar-refractivity contribution is 0.0909. The molecule has 2 aromatic carbocycles. The molecule has 190 valence electrons. The lowest BCUT2D eigenvalue weighted by Crippen LogP contribution is -2.45. The molecule has 4 rings (SSSR count). The van der Waals surface area contributed by atoms with E-state index in [0.29, 0.717) is 25.2 Å². The van der Waals surface area contributed by atoms with Crippen LogP contribution in [-0.2, 0) is 16.4 Å². The predicted molar refractivity (Wildman–Crippen MR) is 133 cm³/mol. The quantitative estimate of drug-likeness (QED) is 0.374. The van der Waals surface area contributed by atoms with Crippen LogP contribution in [0.15, 0.2) is 64.0 Å². The zero-order valence-corrected chi connectivity index (χ0v) is 20.6. The number of amides is 3. The van der Waals surface area contributed by atoms with E-state index in [1.165, 1.54) is 12.1 Å². The number of aromatic nitrogens is 2. The van der Waals surface area contributed by atoms with Gasteiger partial charge >= 0.3 is 17.8 Å². The zero-order chi connectivity index (χ0) is 25.4. The Hall–Kier alpha value is -3.73. The first-order chi connectivity index (χ1) is 17.4. The van der Waals surface area contributed by atoms with Crippen molar-refractivity contribution in [2.24, 2.45) is 0 Å². The maximum Gasteiger partial charge on any atom is 0.328 e. The molecule has 0 bridgehead atoms. The van der Waals surface area contributed by atoms with Gasteiger partial charge in [0.25, 0.3) is 10.0 Å². The summed E-state index contributed by atoms with van der Waals surface area (Å²) in [5.41, 5.74) is 1.66. The summed E-state index contributed by atoms with van der Waals surface area (Å²) >= 11 is 0. The lowest BCUT2D eigenvalue weighted by atomic mass is 9.96. The molecule has 3 amide bonds. The Morgan fingerprint density at radius 2 is 1.69 bits per heavy atom. The fourth-order valence-electron chi connectivity index (χ4n) is 4.07. The van der Waals surface area contributed by atoms with Crippen LogP contribution in [0.2, 0.25) is 0 Å². The summed E-state index contributed by atoms with van der Waals surface area (Å²) in [4.78, 5) is 28.5. The first-order valence-electron chi connectivity index (χ1n) is 12.0. The van der Waals surface area contributed by atoms with Gasteiger partial charge in [-0.05, 0) is 43.4 Å². The van der Waals surface area contributed by atoms with Gasteiger partial charge in [0, 0.05) is 18.2 Å². The third-order valence-corrected chi connectivity index (χ3v) is 7.33. The van der Waals surface area contributed by atoms with Crippen LogP contribution in [0.25, 0.3) is 11.4 Å². The number of nitrogens with zero attached hydrogens (tertiary/aromatic N) is 2. The van der Waals surface area contributed by atoms with Crippen molar-refractivity contribution in [2.75, 3.05) is 6.54 Å². The molecule has 0 unspecified atom stereocenters. The Bertz CT molecular complexity index is 1270. The molecule has 0 saturated heterocycles. The number of nitrogens with one attached hydrogen (secondary N) is 3.